The van der Waals surface area contributed by atoms with E-state index in [1.807, 2.05) is 13.0 Å². The maximum atomic E-state index is 9.00. The predicted octanol–water partition coefficient (Wildman–Crippen LogP) is 2.37. The largest absolute Gasteiger partial charge is 0.457 e. The van der Waals surface area contributed by atoms with Gasteiger partial charge in [0.1, 0.15) is 11.5 Å². The van der Waals surface area contributed by atoms with Crippen molar-refractivity contribution >= 4 is 5.84 Å². The minimum atomic E-state index is -0.0137. The van der Waals surface area contributed by atoms with Gasteiger partial charge >= 0.3 is 0 Å². The monoisotopic (exact) mass is 272 g/mol. The number of aryl methyl sites for hydroxylation is 1. The van der Waals surface area contributed by atoms with Gasteiger partial charge in [-0.3, -0.25) is 0 Å². The number of amidine groups is 1. The molecular formula is C15H16N2O3. The van der Waals surface area contributed by atoms with Crippen LogP contribution in [-0.2, 0) is 6.61 Å². The molecular weight excluding hydrogens is 256 g/mol. The molecule has 2 rings (SSSR count). The predicted molar refractivity (Wildman–Crippen MR) is 76.1 cm³/mol. The van der Waals surface area contributed by atoms with Gasteiger partial charge in [-0.2, -0.15) is 0 Å². The van der Waals surface area contributed by atoms with Crippen molar-refractivity contribution < 1.29 is 15.1 Å². The molecule has 2 aromatic rings. The third-order valence-electron chi connectivity index (χ3n) is 2.85. The lowest BCUT2D eigenvalue weighted by atomic mass is 10.1. The number of rotatable bonds is 4. The van der Waals surface area contributed by atoms with E-state index in [2.05, 4.69) is 5.16 Å². The fraction of sp³-hybridized carbons (Fsp3) is 0.133. The summed E-state index contributed by atoms with van der Waals surface area (Å²) in [5.41, 5.74) is 7.96. The molecule has 2 aromatic carbocycles. The molecule has 0 fully saturated rings. The number of nitrogens with zero attached hydrogens (tertiary/aromatic N) is 1. The van der Waals surface area contributed by atoms with Crippen LogP contribution >= 0.6 is 0 Å². The third kappa shape index (κ3) is 3.07. The van der Waals surface area contributed by atoms with Crippen LogP contribution in [0.1, 0.15) is 16.7 Å². The average Bonchev–Trinajstić information content (AvgIpc) is 2.49. The fourth-order valence-electron chi connectivity index (χ4n) is 1.78. The van der Waals surface area contributed by atoms with Crippen molar-refractivity contribution in [3.8, 4) is 11.5 Å². The molecule has 104 valence electrons. The van der Waals surface area contributed by atoms with E-state index in [9.17, 15) is 0 Å². The van der Waals surface area contributed by atoms with Crippen LogP contribution in [0.2, 0.25) is 0 Å². The highest BCUT2D eigenvalue weighted by atomic mass is 16.5. The maximum Gasteiger partial charge on any atom is 0.173 e. The average molecular weight is 272 g/mol. The third-order valence-corrected chi connectivity index (χ3v) is 2.85. The van der Waals surface area contributed by atoms with Gasteiger partial charge in [0, 0.05) is 0 Å². The smallest absolute Gasteiger partial charge is 0.173 e. The number of oxime groups is 1. The highest BCUT2D eigenvalue weighted by Crippen LogP contribution is 2.26. The molecule has 5 heteroatoms. The topological polar surface area (TPSA) is 88.1 Å². The van der Waals surface area contributed by atoms with Crippen molar-refractivity contribution in [3.05, 3.63) is 59.2 Å². The highest BCUT2D eigenvalue weighted by molar-refractivity contribution is 5.99. The molecule has 0 heterocycles. The summed E-state index contributed by atoms with van der Waals surface area (Å²) in [5, 5.41) is 20.8. The first-order chi connectivity index (χ1) is 9.63. The zero-order valence-electron chi connectivity index (χ0n) is 11.1. The van der Waals surface area contributed by atoms with E-state index in [1.54, 1.807) is 36.4 Å². The molecule has 0 bridgehead atoms. The number of aliphatic hydroxyl groups excluding tert-OH is 1. The van der Waals surface area contributed by atoms with Crippen LogP contribution in [0.3, 0.4) is 0 Å². The quantitative estimate of drug-likeness (QED) is 0.345. The van der Waals surface area contributed by atoms with Crippen molar-refractivity contribution in [2.24, 2.45) is 10.9 Å². The summed E-state index contributed by atoms with van der Waals surface area (Å²) in [6.45, 7) is 1.90. The minimum absolute atomic E-state index is 0.00400. The molecule has 0 amide bonds. The standard InChI is InChI=1S/C15H16N2O3/c1-10-2-7-14(13(8-10)15(16)17-19)20-12-5-3-11(9-18)4-6-12/h2-8,18-19H,9H2,1H3,(H2,16,17). The van der Waals surface area contributed by atoms with Gasteiger partial charge in [-0.1, -0.05) is 28.9 Å². The molecule has 0 aliphatic carbocycles. The molecule has 4 N–H and O–H groups in total. The summed E-state index contributed by atoms with van der Waals surface area (Å²) in [5.74, 6) is 1.11. The Morgan fingerprint density at radius 1 is 1.20 bits per heavy atom. The maximum absolute atomic E-state index is 9.00. The van der Waals surface area contributed by atoms with Crippen LogP contribution in [0.15, 0.2) is 47.6 Å². The van der Waals surface area contributed by atoms with Crippen molar-refractivity contribution in [2.45, 2.75) is 13.5 Å². The Bertz CT molecular complexity index is 622. The Labute approximate surface area is 116 Å². The second kappa shape index (κ2) is 6.08. The van der Waals surface area contributed by atoms with E-state index in [-0.39, 0.29) is 12.4 Å². The second-order valence-electron chi connectivity index (χ2n) is 4.39. The van der Waals surface area contributed by atoms with Gasteiger partial charge < -0.3 is 20.8 Å². The summed E-state index contributed by atoms with van der Waals surface area (Å²) in [6, 6.07) is 12.5. The molecule has 0 atom stereocenters. The first-order valence-corrected chi connectivity index (χ1v) is 6.10. The van der Waals surface area contributed by atoms with E-state index in [4.69, 9.17) is 20.8 Å². The Kier molecular flexibility index (Phi) is 4.22. The summed E-state index contributed by atoms with van der Waals surface area (Å²) in [4.78, 5) is 0. The van der Waals surface area contributed by atoms with Crippen LogP contribution in [0.4, 0.5) is 0 Å². The number of hydrogen-bond donors (Lipinski definition) is 3. The van der Waals surface area contributed by atoms with Gasteiger partial charge in [0.2, 0.25) is 0 Å². The molecule has 5 nitrogen and oxygen atoms in total. The Morgan fingerprint density at radius 2 is 1.90 bits per heavy atom. The number of benzene rings is 2. The van der Waals surface area contributed by atoms with Crippen LogP contribution < -0.4 is 10.5 Å². The van der Waals surface area contributed by atoms with E-state index in [0.717, 1.165) is 11.1 Å². The lowest BCUT2D eigenvalue weighted by Gasteiger charge is -2.11. The van der Waals surface area contributed by atoms with Gasteiger partial charge in [0.15, 0.2) is 5.84 Å². The van der Waals surface area contributed by atoms with Crippen molar-refractivity contribution in [1.29, 1.82) is 0 Å². The van der Waals surface area contributed by atoms with E-state index in [0.29, 0.717) is 17.1 Å². The molecule has 0 unspecified atom stereocenters. The summed E-state index contributed by atoms with van der Waals surface area (Å²) < 4.78 is 5.73. The molecule has 0 aliphatic rings. The summed E-state index contributed by atoms with van der Waals surface area (Å²) >= 11 is 0. The molecule has 0 radical (unpaired) electrons. The fourth-order valence-corrected chi connectivity index (χ4v) is 1.78. The first-order valence-electron chi connectivity index (χ1n) is 6.10. The molecule has 0 spiro atoms. The normalized spacial score (nSPS) is 11.4. The van der Waals surface area contributed by atoms with Crippen LogP contribution in [-0.4, -0.2) is 16.1 Å². The molecule has 0 aromatic heterocycles. The molecule has 20 heavy (non-hydrogen) atoms. The van der Waals surface area contributed by atoms with E-state index in [1.165, 1.54) is 0 Å². The van der Waals surface area contributed by atoms with Gasteiger partial charge in [0.05, 0.1) is 12.2 Å². The molecule has 0 saturated heterocycles. The highest BCUT2D eigenvalue weighted by Gasteiger charge is 2.09. The number of nitrogens with two attached hydrogens (primary N) is 1. The summed E-state index contributed by atoms with van der Waals surface area (Å²) in [6.07, 6.45) is 0. The Hall–Kier alpha value is -2.53. The lowest BCUT2D eigenvalue weighted by Crippen LogP contribution is -2.14. The van der Waals surface area contributed by atoms with Crippen molar-refractivity contribution in [3.63, 3.8) is 0 Å². The zero-order chi connectivity index (χ0) is 14.5. The number of aliphatic hydroxyl groups is 1. The first kappa shape index (κ1) is 13.9. The Morgan fingerprint density at radius 3 is 2.50 bits per heavy atom. The second-order valence-corrected chi connectivity index (χ2v) is 4.39. The number of ether oxygens (including phenoxy) is 1. The van der Waals surface area contributed by atoms with Crippen LogP contribution in [0.5, 0.6) is 11.5 Å². The number of hydrogen-bond acceptors (Lipinski definition) is 4. The summed E-state index contributed by atoms with van der Waals surface area (Å²) in [7, 11) is 0. The van der Waals surface area contributed by atoms with Gasteiger partial charge in [-0.05, 0) is 36.8 Å². The van der Waals surface area contributed by atoms with E-state index < -0.39 is 0 Å². The zero-order valence-corrected chi connectivity index (χ0v) is 11.1. The van der Waals surface area contributed by atoms with E-state index >= 15 is 0 Å². The van der Waals surface area contributed by atoms with Gasteiger partial charge in [-0.15, -0.1) is 0 Å². The lowest BCUT2D eigenvalue weighted by molar-refractivity contribution is 0.281. The minimum Gasteiger partial charge on any atom is -0.457 e. The molecule has 0 aliphatic heterocycles. The van der Waals surface area contributed by atoms with Crippen LogP contribution in [0.25, 0.3) is 0 Å². The molecule has 0 saturated carbocycles. The van der Waals surface area contributed by atoms with Crippen molar-refractivity contribution in [2.75, 3.05) is 0 Å². The van der Waals surface area contributed by atoms with Gasteiger partial charge in [-0.25, -0.2) is 0 Å². The van der Waals surface area contributed by atoms with Crippen molar-refractivity contribution in [1.82, 2.24) is 0 Å². The Balaban J connectivity index is 2.32. The van der Waals surface area contributed by atoms with Gasteiger partial charge in [0.25, 0.3) is 0 Å². The SMILES string of the molecule is Cc1ccc(Oc2ccc(CO)cc2)c(/C(N)=N/O)c1. The van der Waals surface area contributed by atoms with Crippen LogP contribution in [0, 0.1) is 6.92 Å².